The minimum atomic E-state index is -1.20. The van der Waals surface area contributed by atoms with E-state index in [1.807, 2.05) is 0 Å². The van der Waals surface area contributed by atoms with Gasteiger partial charge in [-0.15, -0.1) is 0 Å². The third-order valence-corrected chi connectivity index (χ3v) is 3.38. The third-order valence-electron chi connectivity index (χ3n) is 3.38. The van der Waals surface area contributed by atoms with Crippen LogP contribution in [0.15, 0.2) is 18.2 Å². The van der Waals surface area contributed by atoms with Gasteiger partial charge in [0.1, 0.15) is 5.82 Å². The van der Waals surface area contributed by atoms with Crippen molar-refractivity contribution in [2.75, 3.05) is 0 Å². The molecule has 1 aromatic carbocycles. The standard InChI is InChI=1S/C13H20BFO3/c1-9-8-10(15)6-7-11(9)14(17)18-13(4,5)12(2,3)16/h6-8,16-17H,1-5H3. The zero-order valence-electron chi connectivity index (χ0n) is 11.5. The fourth-order valence-corrected chi connectivity index (χ4v) is 1.40. The molecule has 0 amide bonds. The first-order valence-electron chi connectivity index (χ1n) is 5.89. The first-order valence-corrected chi connectivity index (χ1v) is 5.89. The summed E-state index contributed by atoms with van der Waals surface area (Å²) >= 11 is 0. The van der Waals surface area contributed by atoms with Crippen LogP contribution < -0.4 is 5.46 Å². The van der Waals surface area contributed by atoms with Crippen LogP contribution in [0.1, 0.15) is 33.3 Å². The van der Waals surface area contributed by atoms with Crippen molar-refractivity contribution < 1.29 is 19.2 Å². The second-order valence-electron chi connectivity index (χ2n) is 5.54. The Labute approximate surface area is 108 Å². The lowest BCUT2D eigenvalue weighted by Gasteiger charge is -2.38. The van der Waals surface area contributed by atoms with Gasteiger partial charge in [0, 0.05) is 0 Å². The quantitative estimate of drug-likeness (QED) is 0.798. The lowest BCUT2D eigenvalue weighted by atomic mass is 9.74. The first kappa shape index (κ1) is 15.2. The van der Waals surface area contributed by atoms with Gasteiger partial charge in [-0.25, -0.2) is 4.39 Å². The molecule has 0 aromatic heterocycles. The molecule has 18 heavy (non-hydrogen) atoms. The topological polar surface area (TPSA) is 49.7 Å². The van der Waals surface area contributed by atoms with Gasteiger partial charge in [0.2, 0.25) is 0 Å². The average Bonchev–Trinajstić information content (AvgIpc) is 2.14. The van der Waals surface area contributed by atoms with Gasteiger partial charge in [0.05, 0.1) is 11.2 Å². The maximum atomic E-state index is 13.0. The first-order chi connectivity index (χ1) is 8.04. The second-order valence-corrected chi connectivity index (χ2v) is 5.54. The monoisotopic (exact) mass is 254 g/mol. The van der Waals surface area contributed by atoms with E-state index in [1.165, 1.54) is 18.2 Å². The van der Waals surface area contributed by atoms with E-state index in [9.17, 15) is 14.5 Å². The second kappa shape index (κ2) is 5.00. The number of aliphatic hydroxyl groups is 1. The molecule has 0 aliphatic heterocycles. The van der Waals surface area contributed by atoms with Crippen molar-refractivity contribution in [3.8, 4) is 0 Å². The highest BCUT2D eigenvalue weighted by Crippen LogP contribution is 2.25. The molecule has 0 heterocycles. The fraction of sp³-hybridized carbons (Fsp3) is 0.538. The van der Waals surface area contributed by atoms with Gasteiger partial charge >= 0.3 is 7.12 Å². The summed E-state index contributed by atoms with van der Waals surface area (Å²) in [5.41, 5.74) is -0.947. The molecule has 0 fully saturated rings. The molecule has 2 N–H and O–H groups in total. The van der Waals surface area contributed by atoms with Crippen LogP contribution in [-0.4, -0.2) is 28.5 Å². The fourth-order valence-electron chi connectivity index (χ4n) is 1.40. The van der Waals surface area contributed by atoms with Crippen molar-refractivity contribution in [1.82, 2.24) is 0 Å². The van der Waals surface area contributed by atoms with Gasteiger partial charge in [-0.3, -0.25) is 0 Å². The molecule has 0 bridgehead atoms. The zero-order valence-corrected chi connectivity index (χ0v) is 11.5. The lowest BCUT2D eigenvalue weighted by Crippen LogP contribution is -2.53. The number of benzene rings is 1. The van der Waals surface area contributed by atoms with Crippen LogP contribution in [0.3, 0.4) is 0 Å². The molecule has 0 aliphatic rings. The van der Waals surface area contributed by atoms with Gasteiger partial charge < -0.3 is 14.8 Å². The van der Waals surface area contributed by atoms with Crippen molar-refractivity contribution in [2.45, 2.75) is 45.8 Å². The minimum Gasteiger partial charge on any atom is -0.423 e. The Morgan fingerprint density at radius 2 is 1.78 bits per heavy atom. The Bertz CT molecular complexity index is 427. The van der Waals surface area contributed by atoms with Gasteiger partial charge in [0.15, 0.2) is 0 Å². The number of rotatable bonds is 4. The molecular weight excluding hydrogens is 234 g/mol. The predicted molar refractivity (Wildman–Crippen MR) is 70.2 cm³/mol. The van der Waals surface area contributed by atoms with Crippen molar-refractivity contribution in [1.29, 1.82) is 0 Å². The molecule has 3 nitrogen and oxygen atoms in total. The smallest absolute Gasteiger partial charge is 0.423 e. The van der Waals surface area contributed by atoms with E-state index in [2.05, 4.69) is 0 Å². The van der Waals surface area contributed by atoms with E-state index in [4.69, 9.17) is 4.65 Å². The highest BCUT2D eigenvalue weighted by molar-refractivity contribution is 6.60. The summed E-state index contributed by atoms with van der Waals surface area (Å²) in [6, 6.07) is 4.08. The van der Waals surface area contributed by atoms with Crippen LogP contribution in [0.5, 0.6) is 0 Å². The lowest BCUT2D eigenvalue weighted by molar-refractivity contribution is -0.0982. The Balaban J connectivity index is 2.92. The molecule has 5 heteroatoms. The molecule has 0 aliphatic carbocycles. The SMILES string of the molecule is Cc1cc(F)ccc1B(O)OC(C)(C)C(C)(C)O. The van der Waals surface area contributed by atoms with E-state index >= 15 is 0 Å². The summed E-state index contributed by atoms with van der Waals surface area (Å²) in [7, 11) is -1.20. The summed E-state index contributed by atoms with van der Waals surface area (Å²) in [5.74, 6) is -0.356. The van der Waals surface area contributed by atoms with E-state index in [0.29, 0.717) is 11.0 Å². The predicted octanol–water partition coefficient (Wildman–Crippen LogP) is 1.39. The third kappa shape index (κ3) is 3.31. The summed E-state index contributed by atoms with van der Waals surface area (Å²) in [6.45, 7) is 8.29. The van der Waals surface area contributed by atoms with Crippen molar-refractivity contribution in [2.24, 2.45) is 0 Å². The number of hydrogen-bond acceptors (Lipinski definition) is 3. The largest absolute Gasteiger partial charge is 0.491 e. The molecule has 1 aromatic rings. The zero-order chi connectivity index (χ0) is 14.1. The molecular formula is C13H20BFO3. The maximum absolute atomic E-state index is 13.0. The Hall–Kier alpha value is -0.905. The average molecular weight is 254 g/mol. The molecule has 100 valence electrons. The van der Waals surface area contributed by atoms with E-state index in [1.54, 1.807) is 34.6 Å². The molecule has 0 unspecified atom stereocenters. The Kier molecular flexibility index (Phi) is 4.21. The van der Waals surface area contributed by atoms with Gasteiger partial charge in [-0.1, -0.05) is 6.07 Å². The molecule has 0 saturated heterocycles. The number of halogens is 1. The number of hydrogen-bond donors (Lipinski definition) is 2. The van der Waals surface area contributed by atoms with E-state index < -0.39 is 18.3 Å². The van der Waals surface area contributed by atoms with Gasteiger partial charge in [-0.2, -0.15) is 0 Å². The van der Waals surface area contributed by atoms with Gasteiger partial charge in [0.25, 0.3) is 0 Å². The van der Waals surface area contributed by atoms with Crippen LogP contribution >= 0.6 is 0 Å². The Morgan fingerprint density at radius 1 is 1.22 bits per heavy atom. The molecule has 0 atom stereocenters. The van der Waals surface area contributed by atoms with Crippen LogP contribution in [0.4, 0.5) is 4.39 Å². The highest BCUT2D eigenvalue weighted by atomic mass is 19.1. The van der Waals surface area contributed by atoms with Crippen LogP contribution in [0.25, 0.3) is 0 Å². The van der Waals surface area contributed by atoms with Crippen LogP contribution in [-0.2, 0) is 4.65 Å². The summed E-state index contributed by atoms with van der Waals surface area (Å²) in [4.78, 5) is 0. The van der Waals surface area contributed by atoms with Crippen LogP contribution in [0, 0.1) is 12.7 Å². The maximum Gasteiger partial charge on any atom is 0.491 e. The van der Waals surface area contributed by atoms with Crippen molar-refractivity contribution >= 4 is 12.6 Å². The van der Waals surface area contributed by atoms with E-state index in [0.717, 1.165) is 0 Å². The van der Waals surface area contributed by atoms with Crippen molar-refractivity contribution in [3.05, 3.63) is 29.6 Å². The molecule has 1 rings (SSSR count). The summed E-state index contributed by atoms with van der Waals surface area (Å²) in [6.07, 6.45) is 0. The molecule has 0 saturated carbocycles. The summed E-state index contributed by atoms with van der Waals surface area (Å²) < 4.78 is 18.5. The molecule has 0 spiro atoms. The normalized spacial score (nSPS) is 12.7. The van der Waals surface area contributed by atoms with E-state index in [-0.39, 0.29) is 5.82 Å². The molecule has 0 radical (unpaired) electrons. The van der Waals surface area contributed by atoms with Crippen molar-refractivity contribution in [3.63, 3.8) is 0 Å². The minimum absolute atomic E-state index is 0.356. The summed E-state index contributed by atoms with van der Waals surface area (Å²) in [5, 5.41) is 20.0. The Morgan fingerprint density at radius 3 is 2.22 bits per heavy atom. The van der Waals surface area contributed by atoms with Crippen LogP contribution in [0.2, 0.25) is 0 Å². The highest BCUT2D eigenvalue weighted by Gasteiger charge is 2.39. The van der Waals surface area contributed by atoms with Gasteiger partial charge in [-0.05, 0) is 57.8 Å². The number of aryl methyl sites for hydroxylation is 1.